The second-order valence-electron chi connectivity index (χ2n) is 5.90. The van der Waals surface area contributed by atoms with Crippen molar-refractivity contribution in [3.63, 3.8) is 0 Å². The number of ether oxygens (including phenoxy) is 2. The van der Waals surface area contributed by atoms with Crippen molar-refractivity contribution >= 4 is 5.91 Å². The summed E-state index contributed by atoms with van der Waals surface area (Å²) < 4.78 is 15.5. The first-order valence-corrected chi connectivity index (χ1v) is 8.36. The minimum atomic E-state index is -0.228. The number of likely N-dealkylation sites (tertiary alicyclic amines) is 1. The molecule has 8 nitrogen and oxygen atoms in total. The zero-order valence-electron chi connectivity index (χ0n) is 14.5. The lowest BCUT2D eigenvalue weighted by Gasteiger charge is -2.28. The quantitative estimate of drug-likeness (QED) is 0.821. The van der Waals surface area contributed by atoms with Crippen LogP contribution in [0.25, 0.3) is 0 Å². The normalized spacial score (nSPS) is 18.0. The molecule has 3 rings (SSSR count). The van der Waals surface area contributed by atoms with E-state index in [9.17, 15) is 4.79 Å². The van der Waals surface area contributed by atoms with E-state index >= 15 is 0 Å². The molecule has 0 bridgehead atoms. The Morgan fingerprint density at radius 2 is 2.24 bits per heavy atom. The molecule has 2 aromatic heterocycles. The summed E-state index contributed by atoms with van der Waals surface area (Å²) in [6.07, 6.45) is 5.40. The summed E-state index contributed by atoms with van der Waals surface area (Å²) in [5.74, 6) is 1.12. The van der Waals surface area contributed by atoms with Crippen molar-refractivity contribution in [2.75, 3.05) is 20.8 Å². The van der Waals surface area contributed by atoms with Gasteiger partial charge < -0.3 is 18.9 Å². The highest BCUT2D eigenvalue weighted by Crippen LogP contribution is 2.31. The number of methoxy groups -OCH3 is 2. The molecule has 3 heterocycles. The summed E-state index contributed by atoms with van der Waals surface area (Å²) in [6.45, 7) is 0.889. The third-order valence-corrected chi connectivity index (χ3v) is 4.26. The van der Waals surface area contributed by atoms with Gasteiger partial charge in [-0.3, -0.25) is 4.79 Å². The molecule has 0 spiro atoms. The maximum atomic E-state index is 13.1. The fourth-order valence-electron chi connectivity index (χ4n) is 3.08. The summed E-state index contributed by atoms with van der Waals surface area (Å²) in [5.41, 5.74) is 0.442. The zero-order chi connectivity index (χ0) is 17.6. The van der Waals surface area contributed by atoms with Crippen molar-refractivity contribution in [1.82, 2.24) is 20.0 Å². The average molecular weight is 346 g/mol. The Bertz CT molecular complexity index is 718. The van der Waals surface area contributed by atoms with Crippen molar-refractivity contribution in [2.45, 2.75) is 38.3 Å². The van der Waals surface area contributed by atoms with Gasteiger partial charge >= 0.3 is 0 Å². The highest BCUT2D eigenvalue weighted by Gasteiger charge is 2.32. The fraction of sp³-hybridized carbons (Fsp3) is 0.529. The predicted molar refractivity (Wildman–Crippen MR) is 88.0 cm³/mol. The van der Waals surface area contributed by atoms with Gasteiger partial charge in [-0.05, 0) is 25.0 Å². The Balaban J connectivity index is 1.90. The number of pyridine rings is 1. The monoisotopic (exact) mass is 346 g/mol. The second-order valence-corrected chi connectivity index (χ2v) is 5.90. The van der Waals surface area contributed by atoms with Crippen molar-refractivity contribution in [3.8, 4) is 5.88 Å². The lowest BCUT2D eigenvalue weighted by atomic mass is 10.1. The van der Waals surface area contributed by atoms with Crippen LogP contribution in [0.3, 0.4) is 0 Å². The summed E-state index contributed by atoms with van der Waals surface area (Å²) >= 11 is 0. The zero-order valence-corrected chi connectivity index (χ0v) is 14.5. The largest absolute Gasteiger partial charge is 0.480 e. The number of aromatic nitrogens is 3. The number of carbonyl (C=O) groups is 1. The summed E-state index contributed by atoms with van der Waals surface area (Å²) in [5, 5.41) is 4.06. The molecule has 0 aromatic carbocycles. The highest BCUT2D eigenvalue weighted by molar-refractivity contribution is 5.96. The first-order chi connectivity index (χ1) is 12.2. The molecule has 0 radical (unpaired) electrons. The Labute approximate surface area is 146 Å². The molecule has 1 fully saturated rings. The Kier molecular flexibility index (Phi) is 5.60. The van der Waals surface area contributed by atoms with Gasteiger partial charge in [0.2, 0.25) is 5.88 Å². The van der Waals surface area contributed by atoms with Crippen molar-refractivity contribution in [2.24, 2.45) is 0 Å². The SMILES string of the molecule is COCc1nc([C@@H]2CCCCCN2C(=O)c2cccnc2OC)no1. The Hall–Kier alpha value is -2.48. The van der Waals surface area contributed by atoms with Gasteiger partial charge in [0.05, 0.1) is 13.2 Å². The van der Waals surface area contributed by atoms with Gasteiger partial charge in [0, 0.05) is 19.9 Å². The maximum Gasteiger partial charge on any atom is 0.259 e. The minimum Gasteiger partial charge on any atom is -0.480 e. The molecule has 134 valence electrons. The predicted octanol–water partition coefficient (Wildman–Crippen LogP) is 2.38. The average Bonchev–Trinajstić information content (AvgIpc) is 2.96. The van der Waals surface area contributed by atoms with Crippen LogP contribution in [0.5, 0.6) is 5.88 Å². The van der Waals surface area contributed by atoms with Crippen LogP contribution in [-0.2, 0) is 11.3 Å². The Morgan fingerprint density at radius 1 is 1.36 bits per heavy atom. The number of nitrogens with zero attached hydrogens (tertiary/aromatic N) is 4. The van der Waals surface area contributed by atoms with E-state index in [0.29, 0.717) is 29.7 Å². The van der Waals surface area contributed by atoms with Crippen LogP contribution < -0.4 is 4.74 Å². The van der Waals surface area contributed by atoms with Crippen LogP contribution in [-0.4, -0.2) is 46.7 Å². The summed E-state index contributed by atoms with van der Waals surface area (Å²) in [6, 6.07) is 3.23. The van der Waals surface area contributed by atoms with Gasteiger partial charge in [0.25, 0.3) is 11.8 Å². The van der Waals surface area contributed by atoms with Gasteiger partial charge in [-0.25, -0.2) is 4.98 Å². The van der Waals surface area contributed by atoms with E-state index in [1.54, 1.807) is 30.3 Å². The topological polar surface area (TPSA) is 90.6 Å². The van der Waals surface area contributed by atoms with Gasteiger partial charge in [0.1, 0.15) is 12.2 Å². The van der Waals surface area contributed by atoms with Crippen molar-refractivity contribution < 1.29 is 18.8 Å². The first kappa shape index (κ1) is 17.3. The fourth-order valence-corrected chi connectivity index (χ4v) is 3.08. The number of hydrogen-bond acceptors (Lipinski definition) is 7. The van der Waals surface area contributed by atoms with E-state index < -0.39 is 0 Å². The molecule has 1 aliphatic heterocycles. The highest BCUT2D eigenvalue weighted by atomic mass is 16.5. The van der Waals surface area contributed by atoms with E-state index in [1.165, 1.54) is 7.11 Å². The minimum absolute atomic E-state index is 0.130. The van der Waals surface area contributed by atoms with E-state index in [1.807, 2.05) is 0 Å². The molecule has 8 heteroatoms. The molecular formula is C17H22N4O4. The van der Waals surface area contributed by atoms with Crippen LogP contribution in [0.1, 0.15) is 53.8 Å². The second kappa shape index (κ2) is 8.06. The van der Waals surface area contributed by atoms with Gasteiger partial charge in [-0.1, -0.05) is 18.0 Å². The molecule has 1 atom stereocenters. The van der Waals surface area contributed by atoms with Crippen LogP contribution in [0, 0.1) is 0 Å². The van der Waals surface area contributed by atoms with Crippen LogP contribution in [0.2, 0.25) is 0 Å². The van der Waals surface area contributed by atoms with E-state index in [4.69, 9.17) is 14.0 Å². The summed E-state index contributed by atoms with van der Waals surface area (Å²) in [7, 11) is 3.08. The number of amides is 1. The smallest absolute Gasteiger partial charge is 0.259 e. The molecule has 0 N–H and O–H groups in total. The number of hydrogen-bond donors (Lipinski definition) is 0. The van der Waals surface area contributed by atoms with Crippen molar-refractivity contribution in [3.05, 3.63) is 35.6 Å². The molecule has 1 amide bonds. The lowest BCUT2D eigenvalue weighted by molar-refractivity contribution is 0.0666. The molecular weight excluding hydrogens is 324 g/mol. The first-order valence-electron chi connectivity index (χ1n) is 8.36. The molecule has 1 saturated heterocycles. The summed E-state index contributed by atoms with van der Waals surface area (Å²) in [4.78, 5) is 23.5. The molecule has 0 saturated carbocycles. The van der Waals surface area contributed by atoms with Gasteiger partial charge in [0.15, 0.2) is 5.82 Å². The number of rotatable bonds is 5. The van der Waals surface area contributed by atoms with Gasteiger partial charge in [-0.2, -0.15) is 4.98 Å². The lowest BCUT2D eigenvalue weighted by Crippen LogP contribution is -2.35. The van der Waals surface area contributed by atoms with Gasteiger partial charge in [-0.15, -0.1) is 0 Å². The Morgan fingerprint density at radius 3 is 3.04 bits per heavy atom. The third kappa shape index (κ3) is 3.79. The molecule has 25 heavy (non-hydrogen) atoms. The van der Waals surface area contributed by atoms with E-state index in [2.05, 4.69) is 15.1 Å². The standard InChI is InChI=1S/C17H22N4O4/c1-23-11-14-19-15(20-25-14)13-8-4-3-5-10-21(13)17(22)12-7-6-9-18-16(12)24-2/h6-7,9,13H,3-5,8,10-11H2,1-2H3/t13-/m0/s1. The number of carbonyl (C=O) groups excluding carboxylic acids is 1. The molecule has 0 unspecified atom stereocenters. The van der Waals surface area contributed by atoms with Crippen molar-refractivity contribution in [1.29, 1.82) is 0 Å². The molecule has 1 aliphatic rings. The van der Waals surface area contributed by atoms with Crippen LogP contribution >= 0.6 is 0 Å². The molecule has 2 aromatic rings. The maximum absolute atomic E-state index is 13.1. The third-order valence-electron chi connectivity index (χ3n) is 4.26. The van der Waals surface area contributed by atoms with E-state index in [0.717, 1.165) is 25.7 Å². The van der Waals surface area contributed by atoms with Crippen LogP contribution in [0.4, 0.5) is 0 Å². The van der Waals surface area contributed by atoms with E-state index in [-0.39, 0.29) is 18.6 Å². The van der Waals surface area contributed by atoms with Crippen LogP contribution in [0.15, 0.2) is 22.9 Å². The molecule has 0 aliphatic carbocycles.